The van der Waals surface area contributed by atoms with E-state index < -0.39 is 40.5 Å². The van der Waals surface area contributed by atoms with E-state index in [1.165, 1.54) is 19.1 Å². The third-order valence-corrected chi connectivity index (χ3v) is 4.63. The largest absolute Gasteiger partial charge is 0.482 e. The first-order valence-corrected chi connectivity index (χ1v) is 10.7. The summed E-state index contributed by atoms with van der Waals surface area (Å²) in [7, 11) is 0. The van der Waals surface area contributed by atoms with Crippen molar-refractivity contribution in [3.05, 3.63) is 69.8 Å². The second-order valence-electron chi connectivity index (χ2n) is 8.57. The Hall–Kier alpha value is -4.15. The van der Waals surface area contributed by atoms with E-state index in [1.54, 1.807) is 45.0 Å². The molecule has 0 aliphatic heterocycles. The highest BCUT2D eigenvalue weighted by atomic mass is 16.6. The molecule has 1 atom stereocenters. The summed E-state index contributed by atoms with van der Waals surface area (Å²) in [5.74, 6) is -3.04. The number of nitro groups is 1. The van der Waals surface area contributed by atoms with Crippen LogP contribution in [0.15, 0.2) is 48.5 Å². The maximum absolute atomic E-state index is 12.8. The van der Waals surface area contributed by atoms with Gasteiger partial charge in [0.25, 0.3) is 0 Å². The fourth-order valence-corrected chi connectivity index (χ4v) is 3.09. The van der Waals surface area contributed by atoms with Gasteiger partial charge in [-0.3, -0.25) is 15.4 Å². The standard InChI is InChI=1S/C24H28N2O9/c1-5-33-21(29)24(20(27)28,25-22(30)35-23(2,3)4)14-17-11-12-18(26(31)32)19(13-17)34-15-16-9-7-6-8-10-16/h6-13H,5,14-15H2,1-4H3,(H,25,30)(H,27,28). The Kier molecular flexibility index (Phi) is 8.76. The molecular weight excluding hydrogens is 460 g/mol. The number of alkyl carbamates (subject to hydrolysis) is 1. The fourth-order valence-electron chi connectivity index (χ4n) is 3.09. The number of benzene rings is 2. The fraction of sp³-hybridized carbons (Fsp3) is 0.375. The molecule has 0 spiro atoms. The Morgan fingerprint density at radius 1 is 1.06 bits per heavy atom. The molecule has 0 aromatic heterocycles. The Morgan fingerprint density at radius 2 is 1.71 bits per heavy atom. The number of hydrogen-bond acceptors (Lipinski definition) is 8. The molecule has 0 radical (unpaired) electrons. The second kappa shape index (κ2) is 11.3. The van der Waals surface area contributed by atoms with Gasteiger partial charge in [-0.1, -0.05) is 36.4 Å². The lowest BCUT2D eigenvalue weighted by Gasteiger charge is -2.30. The molecule has 1 amide bonds. The zero-order valence-corrected chi connectivity index (χ0v) is 19.9. The number of amides is 1. The van der Waals surface area contributed by atoms with Crippen molar-refractivity contribution in [1.82, 2.24) is 5.32 Å². The molecule has 0 heterocycles. The van der Waals surface area contributed by atoms with Crippen molar-refractivity contribution in [2.24, 2.45) is 0 Å². The van der Waals surface area contributed by atoms with Gasteiger partial charge in [0.2, 0.25) is 5.54 Å². The minimum Gasteiger partial charge on any atom is -0.482 e. The number of nitrogens with one attached hydrogen (secondary N) is 1. The highest BCUT2D eigenvalue weighted by molar-refractivity contribution is 6.06. The highest BCUT2D eigenvalue weighted by Gasteiger charge is 2.50. The molecule has 1 unspecified atom stereocenters. The van der Waals surface area contributed by atoms with E-state index >= 15 is 0 Å². The van der Waals surface area contributed by atoms with Crippen LogP contribution in [0.25, 0.3) is 0 Å². The SMILES string of the molecule is CCOC(=O)C(Cc1ccc([N+](=O)[O-])c(OCc2ccccc2)c1)(NC(=O)OC(C)(C)C)C(=O)O. The summed E-state index contributed by atoms with van der Waals surface area (Å²) in [4.78, 5) is 48.4. The summed E-state index contributed by atoms with van der Waals surface area (Å²) in [5.41, 5.74) is -2.93. The number of nitrogens with zero attached hydrogens (tertiary/aromatic N) is 1. The summed E-state index contributed by atoms with van der Waals surface area (Å²) in [6, 6.07) is 12.6. The first-order valence-electron chi connectivity index (χ1n) is 10.7. The topological polar surface area (TPSA) is 154 Å². The number of hydrogen-bond donors (Lipinski definition) is 2. The van der Waals surface area contributed by atoms with Crippen molar-refractivity contribution in [1.29, 1.82) is 0 Å². The average Bonchev–Trinajstić information content (AvgIpc) is 2.76. The van der Waals surface area contributed by atoms with Crippen LogP contribution in [0.2, 0.25) is 0 Å². The lowest BCUT2D eigenvalue weighted by Crippen LogP contribution is -2.62. The zero-order valence-electron chi connectivity index (χ0n) is 19.9. The zero-order chi connectivity index (χ0) is 26.2. The molecule has 0 aliphatic carbocycles. The molecule has 2 rings (SSSR count). The molecule has 11 heteroatoms. The van der Waals surface area contributed by atoms with Gasteiger partial charge < -0.3 is 19.3 Å². The van der Waals surface area contributed by atoms with E-state index in [-0.39, 0.29) is 30.2 Å². The smallest absolute Gasteiger partial charge is 0.409 e. The molecule has 11 nitrogen and oxygen atoms in total. The quantitative estimate of drug-likeness (QED) is 0.221. The van der Waals surface area contributed by atoms with Gasteiger partial charge in [-0.15, -0.1) is 0 Å². The molecule has 2 aromatic rings. The van der Waals surface area contributed by atoms with Gasteiger partial charge in [0.15, 0.2) is 5.75 Å². The molecule has 2 aromatic carbocycles. The summed E-state index contributed by atoms with van der Waals surface area (Å²) in [5, 5.41) is 23.6. The molecule has 0 bridgehead atoms. The molecular formula is C24H28N2O9. The third-order valence-electron chi connectivity index (χ3n) is 4.63. The number of carboxylic acids is 1. The molecule has 0 saturated heterocycles. The first kappa shape index (κ1) is 27.1. The van der Waals surface area contributed by atoms with Gasteiger partial charge >= 0.3 is 23.7 Å². The molecule has 0 saturated carbocycles. The van der Waals surface area contributed by atoms with Crippen LogP contribution in [0, 0.1) is 10.1 Å². The summed E-state index contributed by atoms with van der Waals surface area (Å²) >= 11 is 0. The Balaban J connectivity index is 2.44. The van der Waals surface area contributed by atoms with Crippen LogP contribution < -0.4 is 10.1 Å². The van der Waals surface area contributed by atoms with E-state index in [1.807, 2.05) is 6.07 Å². The molecule has 35 heavy (non-hydrogen) atoms. The van der Waals surface area contributed by atoms with Gasteiger partial charge in [-0.2, -0.15) is 0 Å². The molecule has 0 fully saturated rings. The van der Waals surface area contributed by atoms with Crippen molar-refractivity contribution in [2.45, 2.75) is 51.9 Å². The van der Waals surface area contributed by atoms with Crippen molar-refractivity contribution < 1.29 is 38.6 Å². The van der Waals surface area contributed by atoms with Crippen molar-refractivity contribution in [3.8, 4) is 5.75 Å². The van der Waals surface area contributed by atoms with Crippen LogP contribution in [0.3, 0.4) is 0 Å². The lowest BCUT2D eigenvalue weighted by molar-refractivity contribution is -0.386. The lowest BCUT2D eigenvalue weighted by atomic mass is 9.90. The van der Waals surface area contributed by atoms with E-state index in [4.69, 9.17) is 14.2 Å². The summed E-state index contributed by atoms with van der Waals surface area (Å²) < 4.78 is 15.7. The van der Waals surface area contributed by atoms with E-state index in [0.717, 1.165) is 11.6 Å². The second-order valence-corrected chi connectivity index (χ2v) is 8.57. The minimum atomic E-state index is -2.55. The third kappa shape index (κ3) is 7.42. The van der Waals surface area contributed by atoms with E-state index in [9.17, 15) is 29.6 Å². The number of esters is 1. The van der Waals surface area contributed by atoms with Crippen LogP contribution in [-0.2, 0) is 32.1 Å². The average molecular weight is 488 g/mol. The predicted octanol–water partition coefficient (Wildman–Crippen LogP) is 3.63. The van der Waals surface area contributed by atoms with E-state index in [0.29, 0.717) is 0 Å². The number of carboxylic acid groups (broad SMARTS) is 1. The number of nitro benzene ring substituents is 1. The van der Waals surface area contributed by atoms with Crippen LogP contribution in [0.1, 0.15) is 38.8 Å². The monoisotopic (exact) mass is 488 g/mol. The van der Waals surface area contributed by atoms with Gasteiger partial charge in [0, 0.05) is 12.5 Å². The molecule has 0 aliphatic rings. The van der Waals surface area contributed by atoms with Crippen LogP contribution in [0.4, 0.5) is 10.5 Å². The van der Waals surface area contributed by atoms with Crippen molar-refractivity contribution in [3.63, 3.8) is 0 Å². The summed E-state index contributed by atoms with van der Waals surface area (Å²) in [6.07, 6.45) is -1.73. The van der Waals surface area contributed by atoms with Gasteiger partial charge in [0.05, 0.1) is 11.5 Å². The maximum atomic E-state index is 12.8. The maximum Gasteiger partial charge on any atom is 0.409 e. The van der Waals surface area contributed by atoms with E-state index in [2.05, 4.69) is 5.32 Å². The van der Waals surface area contributed by atoms with Crippen molar-refractivity contribution >= 4 is 23.7 Å². The van der Waals surface area contributed by atoms with Crippen LogP contribution in [-0.4, -0.2) is 45.8 Å². The number of carbonyl (C=O) groups is 3. The first-order chi connectivity index (χ1) is 16.4. The minimum absolute atomic E-state index is 0.0171. The van der Waals surface area contributed by atoms with Crippen LogP contribution in [0.5, 0.6) is 5.75 Å². The Bertz CT molecular complexity index is 1080. The number of aliphatic carboxylic acids is 1. The van der Waals surface area contributed by atoms with Gasteiger partial charge in [0.1, 0.15) is 12.2 Å². The number of ether oxygens (including phenoxy) is 3. The summed E-state index contributed by atoms with van der Waals surface area (Å²) in [6.45, 7) is 6.09. The number of carbonyl (C=O) groups excluding carboxylic acids is 2. The van der Waals surface area contributed by atoms with Gasteiger partial charge in [-0.25, -0.2) is 14.4 Å². The Labute approximate surface area is 202 Å². The highest BCUT2D eigenvalue weighted by Crippen LogP contribution is 2.31. The van der Waals surface area contributed by atoms with Crippen LogP contribution >= 0.6 is 0 Å². The van der Waals surface area contributed by atoms with Gasteiger partial charge in [-0.05, 0) is 44.9 Å². The molecule has 2 N–H and O–H groups in total. The Morgan fingerprint density at radius 3 is 2.26 bits per heavy atom. The normalized spacial score (nSPS) is 12.7. The predicted molar refractivity (Wildman–Crippen MR) is 124 cm³/mol. The molecule has 188 valence electrons. The number of rotatable bonds is 10. The van der Waals surface area contributed by atoms with Crippen molar-refractivity contribution in [2.75, 3.05) is 6.61 Å².